The molecule has 3 unspecified atom stereocenters. The zero-order valence-electron chi connectivity index (χ0n) is 32.1. The second kappa shape index (κ2) is 15.8. The summed E-state index contributed by atoms with van der Waals surface area (Å²) >= 11 is -3.70. The van der Waals surface area contributed by atoms with Crippen LogP contribution in [0.5, 0.6) is 0 Å². The number of allylic oxidation sites excluding steroid dienone is 2. The minimum atomic E-state index is -3.70. The minimum Gasteiger partial charge on any atom is -0.147 e. The van der Waals surface area contributed by atoms with Crippen LogP contribution in [0.25, 0.3) is 34.4 Å². The second-order valence-electron chi connectivity index (χ2n) is 17.4. The normalized spacial score (nSPS) is 19.4. The summed E-state index contributed by atoms with van der Waals surface area (Å²) < 4.78 is 6.67. The number of rotatable bonds is 9. The summed E-state index contributed by atoms with van der Waals surface area (Å²) in [6, 6.07) is 33.6. The van der Waals surface area contributed by atoms with Crippen LogP contribution in [0, 0.1) is 5.92 Å². The Labute approximate surface area is 324 Å². The summed E-state index contributed by atoms with van der Waals surface area (Å²) in [7, 11) is 0. The topological polar surface area (TPSA) is 0 Å². The molecule has 4 heteroatoms. The van der Waals surface area contributed by atoms with Crippen molar-refractivity contribution in [2.75, 3.05) is 0 Å². The van der Waals surface area contributed by atoms with Gasteiger partial charge in [0.05, 0.1) is 0 Å². The number of halogens is 2. The van der Waals surface area contributed by atoms with Crippen molar-refractivity contribution in [2.45, 2.75) is 108 Å². The van der Waals surface area contributed by atoms with Crippen LogP contribution in [0.3, 0.4) is 0 Å². The Kier molecular flexibility index (Phi) is 12.5. The molecule has 51 heavy (non-hydrogen) atoms. The predicted molar refractivity (Wildman–Crippen MR) is 230 cm³/mol. The standard InChI is InChI=1S/C23H27.C22H23.2CH3.2ClH.H2Si.Zr/c1-5-7-17(4)21-14-20-8-6-9-22(23(20)15-21)19-12-10-18(11-13-19)16(2)3;1-16-14-20-8-5-9-21(22(20)15-16)19-12-10-18(11-13-19)17-6-3-2-4-7-17;;;;;;/h6,8-17H,5,7H2,1-4H3;5,8-15,17H,2-4,6-7H2,1H3;2*1H3;2*1H;1H2;. The molecule has 1 fully saturated rings. The largest absolute Gasteiger partial charge is 0.147 e. The quantitative estimate of drug-likeness (QED) is 0.148. The van der Waals surface area contributed by atoms with E-state index >= 15 is 0 Å². The summed E-state index contributed by atoms with van der Waals surface area (Å²) in [5.41, 5.74) is 18.0. The first kappa shape index (κ1) is 40.2. The van der Waals surface area contributed by atoms with Crippen LogP contribution in [0.4, 0.5) is 0 Å². The average molecular weight is 815 g/mol. The van der Waals surface area contributed by atoms with Crippen molar-refractivity contribution in [1.82, 2.24) is 0 Å². The maximum absolute atomic E-state index is 3.70. The first-order chi connectivity index (χ1) is 23.5. The number of hydrogen-bond acceptors (Lipinski definition) is 0. The van der Waals surface area contributed by atoms with E-state index < -0.39 is 17.4 Å². The number of benzene rings is 4. The molecule has 0 radical (unpaired) electrons. The van der Waals surface area contributed by atoms with Gasteiger partial charge in [-0.15, -0.1) is 24.8 Å². The Hall–Kier alpha value is -1.96. The molecule has 3 aliphatic rings. The number of hydrogen-bond donors (Lipinski definition) is 0. The molecule has 0 heterocycles. The molecule has 0 bridgehead atoms. The van der Waals surface area contributed by atoms with E-state index in [0.717, 1.165) is 5.92 Å². The van der Waals surface area contributed by atoms with E-state index in [0.29, 0.717) is 19.1 Å². The van der Waals surface area contributed by atoms with Gasteiger partial charge >= 0.3 is 302 Å². The Balaban J connectivity index is 0.00000252. The van der Waals surface area contributed by atoms with Gasteiger partial charge in [-0.3, -0.25) is 0 Å². The van der Waals surface area contributed by atoms with Gasteiger partial charge in [-0.1, -0.05) is 0 Å². The third-order valence-electron chi connectivity index (χ3n) is 12.7. The maximum atomic E-state index is 2.80. The first-order valence-electron chi connectivity index (χ1n) is 19.4. The molecule has 0 N–H and O–H groups in total. The molecule has 4 aromatic carbocycles. The van der Waals surface area contributed by atoms with Gasteiger partial charge in [-0.25, -0.2) is 0 Å². The summed E-state index contributed by atoms with van der Waals surface area (Å²) in [5.74, 6) is 1.87. The van der Waals surface area contributed by atoms with Gasteiger partial charge in [0.2, 0.25) is 0 Å². The van der Waals surface area contributed by atoms with E-state index in [2.05, 4.69) is 148 Å². The van der Waals surface area contributed by atoms with E-state index in [9.17, 15) is 0 Å². The van der Waals surface area contributed by atoms with Crippen LogP contribution in [-0.4, -0.2) is 6.88 Å². The predicted octanol–water partition coefficient (Wildman–Crippen LogP) is 14.4. The number of fused-ring (bicyclic) bond motifs is 2. The van der Waals surface area contributed by atoms with Crippen LogP contribution >= 0.6 is 24.8 Å². The summed E-state index contributed by atoms with van der Waals surface area (Å²) in [4.78, 5) is 0. The summed E-state index contributed by atoms with van der Waals surface area (Å²) in [6.45, 7) is 14.4. The van der Waals surface area contributed by atoms with E-state index in [-0.39, 0.29) is 24.8 Å². The smallest absolute Gasteiger partial charge is 0.147 e. The SMILES string of the molecule is CCCC(C)C1=Cc2c(-c3ccc(C(C)C)cc3)cccc2[CH]1[Zr]([CH3])([CH3])(=[SiH2])[CH]1C(C)=Cc2c(-c3ccc(C4CCCCC4)cc3)cccc21.Cl.Cl. The van der Waals surface area contributed by atoms with Crippen molar-refractivity contribution in [2.24, 2.45) is 5.92 Å². The van der Waals surface area contributed by atoms with Crippen molar-refractivity contribution < 1.29 is 17.4 Å². The zero-order valence-corrected chi connectivity index (χ0v) is 37.6. The van der Waals surface area contributed by atoms with Gasteiger partial charge in [0.25, 0.3) is 0 Å². The monoisotopic (exact) mass is 812 g/mol. The molecular formula is C47H60Cl2SiZr. The molecule has 0 aliphatic heterocycles. The van der Waals surface area contributed by atoms with E-state index in [1.807, 2.05) is 0 Å². The van der Waals surface area contributed by atoms with Gasteiger partial charge < -0.3 is 0 Å². The molecule has 7 rings (SSSR count). The summed E-state index contributed by atoms with van der Waals surface area (Å²) in [6.07, 6.45) is 14.6. The molecule has 0 saturated heterocycles. The van der Waals surface area contributed by atoms with Crippen molar-refractivity contribution >= 4 is 43.8 Å². The third kappa shape index (κ3) is 7.43. The van der Waals surface area contributed by atoms with Gasteiger partial charge in [0, 0.05) is 0 Å². The molecule has 0 nitrogen and oxygen atoms in total. The summed E-state index contributed by atoms with van der Waals surface area (Å²) in [5, 5.41) is 0. The van der Waals surface area contributed by atoms with Crippen LogP contribution in [0.15, 0.2) is 96.1 Å². The zero-order chi connectivity index (χ0) is 34.5. The molecule has 270 valence electrons. The van der Waals surface area contributed by atoms with Gasteiger partial charge in [-0.2, -0.15) is 0 Å². The van der Waals surface area contributed by atoms with E-state index in [1.54, 1.807) is 27.8 Å². The fourth-order valence-corrected chi connectivity index (χ4v) is 30.9. The maximum Gasteiger partial charge on any atom is -0.147 e. The van der Waals surface area contributed by atoms with Gasteiger partial charge in [0.1, 0.15) is 0 Å². The Morgan fingerprint density at radius 3 is 1.76 bits per heavy atom. The fraction of sp³-hybridized carbons (Fsp3) is 0.404. The molecular weight excluding hydrogens is 755 g/mol. The Bertz CT molecular complexity index is 1990. The molecule has 3 atom stereocenters. The molecule has 3 aliphatic carbocycles. The Morgan fingerprint density at radius 1 is 0.686 bits per heavy atom. The van der Waals surface area contributed by atoms with Crippen LogP contribution in [-0.2, 0) is 17.4 Å². The van der Waals surface area contributed by atoms with Crippen LogP contribution < -0.4 is 0 Å². The molecule has 4 aromatic rings. The average Bonchev–Trinajstić information content (AvgIpc) is 3.68. The fourth-order valence-electron chi connectivity index (χ4n) is 10.4. The van der Waals surface area contributed by atoms with Gasteiger partial charge in [0.15, 0.2) is 0 Å². The second-order valence-corrected chi connectivity index (χ2v) is 47.8. The van der Waals surface area contributed by atoms with Crippen molar-refractivity contribution in [1.29, 1.82) is 0 Å². The Morgan fingerprint density at radius 2 is 1.22 bits per heavy atom. The van der Waals surface area contributed by atoms with Crippen molar-refractivity contribution in [3.05, 3.63) is 129 Å². The molecule has 0 amide bonds. The van der Waals surface area contributed by atoms with Crippen molar-refractivity contribution in [3.63, 3.8) is 0 Å². The minimum absolute atomic E-state index is 0. The van der Waals surface area contributed by atoms with E-state index in [4.69, 9.17) is 0 Å². The molecule has 0 aromatic heterocycles. The first-order valence-corrected chi connectivity index (χ1v) is 33.1. The van der Waals surface area contributed by atoms with Crippen molar-refractivity contribution in [3.8, 4) is 22.3 Å². The molecule has 0 spiro atoms. The third-order valence-corrected chi connectivity index (χ3v) is 30.4. The van der Waals surface area contributed by atoms with Crippen LogP contribution in [0.1, 0.15) is 132 Å². The van der Waals surface area contributed by atoms with E-state index in [1.165, 1.54) is 83.9 Å². The van der Waals surface area contributed by atoms with Gasteiger partial charge in [-0.05, 0) is 0 Å². The van der Waals surface area contributed by atoms with Crippen LogP contribution in [0.2, 0.25) is 9.26 Å². The molecule has 1 saturated carbocycles.